The molecule has 1 aliphatic rings. The number of aromatic nitrogens is 1. The molecule has 3 rings (SSSR count). The van der Waals surface area contributed by atoms with Crippen molar-refractivity contribution in [2.75, 3.05) is 36.4 Å². The van der Waals surface area contributed by atoms with Gasteiger partial charge in [-0.2, -0.15) is 0 Å². The molecule has 0 unspecified atom stereocenters. The summed E-state index contributed by atoms with van der Waals surface area (Å²) in [5, 5.41) is 2.96. The molecule has 2 heterocycles. The summed E-state index contributed by atoms with van der Waals surface area (Å²) in [6, 6.07) is 11.2. The second-order valence-corrected chi connectivity index (χ2v) is 5.71. The van der Waals surface area contributed by atoms with Crippen molar-refractivity contribution in [2.45, 2.75) is 6.92 Å². The summed E-state index contributed by atoms with van der Waals surface area (Å²) in [5.74, 6) is -0.0780. The minimum Gasteiger partial charge on any atom is -0.366 e. The summed E-state index contributed by atoms with van der Waals surface area (Å²) < 4.78 is 0. The van der Waals surface area contributed by atoms with Crippen LogP contribution < -0.4 is 10.2 Å². The molecule has 0 saturated carbocycles. The molecule has 24 heavy (non-hydrogen) atoms. The predicted octanol–water partition coefficient (Wildman–Crippen LogP) is 2.00. The average molecular weight is 324 g/mol. The lowest BCUT2D eigenvalue weighted by Crippen LogP contribution is -2.48. The van der Waals surface area contributed by atoms with Crippen LogP contribution in [0.25, 0.3) is 0 Å². The Hall–Kier alpha value is -2.89. The molecular weight excluding hydrogens is 304 g/mol. The Labute approximate surface area is 141 Å². The number of carbonyl (C=O) groups is 2. The Bertz CT molecular complexity index is 725. The van der Waals surface area contributed by atoms with Crippen LogP contribution in [0.15, 0.2) is 48.8 Å². The Kier molecular flexibility index (Phi) is 4.74. The lowest BCUT2D eigenvalue weighted by atomic mass is 10.2. The van der Waals surface area contributed by atoms with E-state index in [0.717, 1.165) is 24.5 Å². The van der Waals surface area contributed by atoms with Crippen molar-refractivity contribution >= 4 is 23.2 Å². The summed E-state index contributed by atoms with van der Waals surface area (Å²) in [6.07, 6.45) is 3.18. The Morgan fingerprint density at radius 3 is 2.46 bits per heavy atom. The van der Waals surface area contributed by atoms with Gasteiger partial charge in [0.05, 0.1) is 16.9 Å². The summed E-state index contributed by atoms with van der Waals surface area (Å²) in [4.78, 5) is 31.8. The highest BCUT2D eigenvalue weighted by Gasteiger charge is 2.21. The van der Waals surface area contributed by atoms with Gasteiger partial charge in [0, 0.05) is 45.5 Å². The smallest absolute Gasteiger partial charge is 0.257 e. The minimum atomic E-state index is -0.182. The summed E-state index contributed by atoms with van der Waals surface area (Å²) in [7, 11) is 0. The second kappa shape index (κ2) is 7.12. The summed E-state index contributed by atoms with van der Waals surface area (Å²) >= 11 is 0. The van der Waals surface area contributed by atoms with E-state index in [4.69, 9.17) is 0 Å². The van der Waals surface area contributed by atoms with E-state index in [1.807, 2.05) is 29.2 Å². The van der Waals surface area contributed by atoms with E-state index >= 15 is 0 Å². The fourth-order valence-corrected chi connectivity index (χ4v) is 2.81. The normalized spacial score (nSPS) is 14.4. The van der Waals surface area contributed by atoms with Crippen molar-refractivity contribution in [1.29, 1.82) is 0 Å². The van der Waals surface area contributed by atoms with Crippen LogP contribution in [0.5, 0.6) is 0 Å². The van der Waals surface area contributed by atoms with Gasteiger partial charge in [-0.15, -0.1) is 0 Å². The van der Waals surface area contributed by atoms with Gasteiger partial charge in [0.25, 0.3) is 5.91 Å². The zero-order chi connectivity index (χ0) is 16.9. The molecule has 1 saturated heterocycles. The van der Waals surface area contributed by atoms with Crippen LogP contribution in [0.3, 0.4) is 0 Å². The van der Waals surface area contributed by atoms with Gasteiger partial charge in [0.1, 0.15) is 0 Å². The third kappa shape index (κ3) is 3.53. The van der Waals surface area contributed by atoms with Gasteiger partial charge in [-0.3, -0.25) is 14.6 Å². The van der Waals surface area contributed by atoms with Crippen LogP contribution in [0, 0.1) is 0 Å². The molecular formula is C18H20N4O2. The highest BCUT2D eigenvalue weighted by Crippen LogP contribution is 2.27. The van der Waals surface area contributed by atoms with E-state index in [1.165, 1.54) is 0 Å². The van der Waals surface area contributed by atoms with Crippen LogP contribution in [-0.4, -0.2) is 47.9 Å². The maximum Gasteiger partial charge on any atom is 0.257 e. The fourth-order valence-electron chi connectivity index (χ4n) is 2.81. The van der Waals surface area contributed by atoms with Gasteiger partial charge >= 0.3 is 0 Å². The average Bonchev–Trinajstić information content (AvgIpc) is 2.63. The van der Waals surface area contributed by atoms with Gasteiger partial charge in [-0.25, -0.2) is 0 Å². The third-order valence-corrected chi connectivity index (χ3v) is 4.14. The van der Waals surface area contributed by atoms with Gasteiger partial charge in [0.2, 0.25) is 5.91 Å². The molecule has 1 aromatic heterocycles. The van der Waals surface area contributed by atoms with Crippen molar-refractivity contribution in [2.24, 2.45) is 0 Å². The first-order valence-electron chi connectivity index (χ1n) is 7.96. The molecule has 1 N–H and O–H groups in total. The SMILES string of the molecule is CC(=O)N1CCN(c2ccccc2NC(=O)c2cccnc2)CC1. The van der Waals surface area contributed by atoms with Crippen LogP contribution in [0.1, 0.15) is 17.3 Å². The molecule has 1 aromatic carbocycles. The molecule has 0 atom stereocenters. The lowest BCUT2D eigenvalue weighted by Gasteiger charge is -2.36. The first-order chi connectivity index (χ1) is 11.6. The number of hydrogen-bond acceptors (Lipinski definition) is 4. The third-order valence-electron chi connectivity index (χ3n) is 4.14. The van der Waals surface area contributed by atoms with E-state index in [2.05, 4.69) is 15.2 Å². The van der Waals surface area contributed by atoms with Crippen molar-refractivity contribution < 1.29 is 9.59 Å². The molecule has 2 aromatic rings. The van der Waals surface area contributed by atoms with Gasteiger partial charge < -0.3 is 15.1 Å². The number of hydrogen-bond donors (Lipinski definition) is 1. The molecule has 0 bridgehead atoms. The molecule has 0 radical (unpaired) electrons. The molecule has 1 fully saturated rings. The van der Waals surface area contributed by atoms with E-state index in [9.17, 15) is 9.59 Å². The number of para-hydroxylation sites is 2. The summed E-state index contributed by atoms with van der Waals surface area (Å²) in [6.45, 7) is 4.48. The first kappa shape index (κ1) is 16.0. The molecule has 1 aliphatic heterocycles. The maximum atomic E-state index is 12.4. The largest absolute Gasteiger partial charge is 0.366 e. The van der Waals surface area contributed by atoms with E-state index < -0.39 is 0 Å². The quantitative estimate of drug-likeness (QED) is 0.938. The number of pyridine rings is 1. The Morgan fingerprint density at radius 2 is 1.79 bits per heavy atom. The van der Waals surface area contributed by atoms with E-state index in [1.54, 1.807) is 31.5 Å². The zero-order valence-corrected chi connectivity index (χ0v) is 13.6. The van der Waals surface area contributed by atoms with Crippen LogP contribution in [0.4, 0.5) is 11.4 Å². The predicted molar refractivity (Wildman–Crippen MR) is 93.1 cm³/mol. The maximum absolute atomic E-state index is 12.4. The molecule has 0 aliphatic carbocycles. The minimum absolute atomic E-state index is 0.104. The standard InChI is InChI=1S/C18H20N4O2/c1-14(23)21-9-11-22(12-10-21)17-7-3-2-6-16(17)20-18(24)15-5-4-8-19-13-15/h2-8,13H,9-12H2,1H3,(H,20,24). The molecule has 6 nitrogen and oxygen atoms in total. The Morgan fingerprint density at radius 1 is 1.04 bits per heavy atom. The highest BCUT2D eigenvalue weighted by molar-refractivity contribution is 6.05. The van der Waals surface area contributed by atoms with Gasteiger partial charge in [0.15, 0.2) is 0 Å². The van der Waals surface area contributed by atoms with Gasteiger partial charge in [-0.1, -0.05) is 12.1 Å². The lowest BCUT2D eigenvalue weighted by molar-refractivity contribution is -0.129. The molecule has 6 heteroatoms. The van der Waals surface area contributed by atoms with Crippen molar-refractivity contribution in [1.82, 2.24) is 9.88 Å². The number of rotatable bonds is 3. The zero-order valence-electron chi connectivity index (χ0n) is 13.6. The topological polar surface area (TPSA) is 65.5 Å². The number of nitrogens with one attached hydrogen (secondary N) is 1. The van der Waals surface area contributed by atoms with Crippen LogP contribution in [-0.2, 0) is 4.79 Å². The number of carbonyl (C=O) groups excluding carboxylic acids is 2. The number of benzene rings is 1. The number of piperazine rings is 1. The second-order valence-electron chi connectivity index (χ2n) is 5.71. The number of nitrogens with zero attached hydrogens (tertiary/aromatic N) is 3. The summed E-state index contributed by atoms with van der Waals surface area (Å²) in [5.41, 5.74) is 2.26. The van der Waals surface area contributed by atoms with Crippen LogP contribution >= 0.6 is 0 Å². The number of amides is 2. The monoisotopic (exact) mass is 324 g/mol. The Balaban J connectivity index is 1.74. The van der Waals surface area contributed by atoms with Crippen molar-refractivity contribution in [3.8, 4) is 0 Å². The van der Waals surface area contributed by atoms with Crippen molar-refractivity contribution in [3.63, 3.8) is 0 Å². The molecule has 2 amide bonds. The van der Waals surface area contributed by atoms with E-state index in [-0.39, 0.29) is 11.8 Å². The fraction of sp³-hybridized carbons (Fsp3) is 0.278. The first-order valence-corrected chi connectivity index (χ1v) is 7.96. The molecule has 0 spiro atoms. The van der Waals surface area contributed by atoms with E-state index in [0.29, 0.717) is 18.7 Å². The highest BCUT2D eigenvalue weighted by atomic mass is 16.2. The van der Waals surface area contributed by atoms with Crippen LogP contribution in [0.2, 0.25) is 0 Å². The number of anilines is 2. The van der Waals surface area contributed by atoms with Gasteiger partial charge in [-0.05, 0) is 24.3 Å². The van der Waals surface area contributed by atoms with Crippen molar-refractivity contribution in [3.05, 3.63) is 54.4 Å². The molecule has 124 valence electrons.